The first-order valence-electron chi connectivity index (χ1n) is 5.39. The summed E-state index contributed by atoms with van der Waals surface area (Å²) in [5, 5.41) is 0. The van der Waals surface area contributed by atoms with Crippen LogP contribution in [0.3, 0.4) is 0 Å². The quantitative estimate of drug-likeness (QED) is 0.725. The predicted octanol–water partition coefficient (Wildman–Crippen LogP) is -1.22. The highest BCUT2D eigenvalue weighted by molar-refractivity contribution is 5.69. The van der Waals surface area contributed by atoms with Gasteiger partial charge in [0.1, 0.15) is 5.65 Å². The van der Waals surface area contributed by atoms with Crippen LogP contribution in [0.25, 0.3) is 11.2 Å². The Morgan fingerprint density at radius 1 is 1.29 bits per heavy atom. The number of aryl methyl sites for hydroxylation is 2. The molecule has 7 heteroatoms. The zero-order valence-electron chi connectivity index (χ0n) is 9.88. The van der Waals surface area contributed by atoms with Crippen molar-refractivity contribution in [3.05, 3.63) is 27.2 Å². The fourth-order valence-corrected chi connectivity index (χ4v) is 1.86. The number of nitrogens with two attached hydrogens (primary N) is 1. The summed E-state index contributed by atoms with van der Waals surface area (Å²) in [4.78, 5) is 27.7. The van der Waals surface area contributed by atoms with E-state index in [-0.39, 0.29) is 11.2 Å². The predicted molar refractivity (Wildman–Crippen MR) is 63.9 cm³/mol. The lowest BCUT2D eigenvalue weighted by atomic mass is 10.4. The van der Waals surface area contributed by atoms with Crippen molar-refractivity contribution in [1.29, 1.82) is 0 Å². The van der Waals surface area contributed by atoms with Crippen LogP contribution in [0, 0.1) is 0 Å². The zero-order chi connectivity index (χ0) is 12.6. The molecule has 0 aromatic carbocycles. The molecule has 7 nitrogen and oxygen atoms in total. The van der Waals surface area contributed by atoms with E-state index in [0.29, 0.717) is 24.3 Å². The largest absolute Gasteiger partial charge is 0.332 e. The maximum atomic E-state index is 11.8. The minimum Gasteiger partial charge on any atom is -0.330 e. The highest BCUT2D eigenvalue weighted by Crippen LogP contribution is 2.06. The third-order valence-corrected chi connectivity index (χ3v) is 2.81. The molecular formula is C10H15N5O2. The second kappa shape index (κ2) is 4.17. The van der Waals surface area contributed by atoms with Crippen LogP contribution in [0.15, 0.2) is 15.9 Å². The normalized spacial score (nSPS) is 11.2. The van der Waals surface area contributed by atoms with Gasteiger partial charge in [-0.25, -0.2) is 9.78 Å². The van der Waals surface area contributed by atoms with Crippen molar-refractivity contribution in [3.8, 4) is 0 Å². The van der Waals surface area contributed by atoms with E-state index in [1.165, 1.54) is 11.6 Å². The van der Waals surface area contributed by atoms with Crippen molar-refractivity contribution in [3.63, 3.8) is 0 Å². The van der Waals surface area contributed by atoms with Crippen LogP contribution in [0.1, 0.15) is 6.42 Å². The highest BCUT2D eigenvalue weighted by atomic mass is 16.2. The summed E-state index contributed by atoms with van der Waals surface area (Å²) in [6.07, 6.45) is 2.34. The van der Waals surface area contributed by atoms with E-state index in [2.05, 4.69) is 4.98 Å². The molecule has 0 radical (unpaired) electrons. The Kier molecular flexibility index (Phi) is 2.84. The Balaban J connectivity index is 2.77. The number of aromatic nitrogens is 4. The Bertz CT molecular complexity index is 664. The average molecular weight is 237 g/mol. The molecule has 0 spiro atoms. The van der Waals surface area contributed by atoms with Gasteiger partial charge in [0, 0.05) is 20.6 Å². The second-order valence-electron chi connectivity index (χ2n) is 3.96. The van der Waals surface area contributed by atoms with Crippen LogP contribution in [-0.2, 0) is 20.6 Å². The van der Waals surface area contributed by atoms with Gasteiger partial charge in [-0.3, -0.25) is 13.9 Å². The molecule has 0 aliphatic rings. The molecule has 0 fully saturated rings. The molecule has 2 rings (SSSR count). The van der Waals surface area contributed by atoms with Gasteiger partial charge < -0.3 is 10.3 Å². The Hall–Kier alpha value is -1.89. The van der Waals surface area contributed by atoms with Gasteiger partial charge in [0.05, 0.1) is 6.33 Å². The number of rotatable bonds is 3. The molecule has 17 heavy (non-hydrogen) atoms. The van der Waals surface area contributed by atoms with Crippen LogP contribution in [0.2, 0.25) is 0 Å². The van der Waals surface area contributed by atoms with Gasteiger partial charge in [-0.2, -0.15) is 0 Å². The molecule has 0 bridgehead atoms. The molecule has 0 aliphatic carbocycles. The van der Waals surface area contributed by atoms with E-state index in [4.69, 9.17) is 5.73 Å². The summed E-state index contributed by atoms with van der Waals surface area (Å²) in [6.45, 7) is 1.20. The van der Waals surface area contributed by atoms with E-state index in [1.807, 2.05) is 0 Å². The molecule has 0 aliphatic heterocycles. The number of nitrogens with zero attached hydrogens (tertiary/aromatic N) is 4. The first-order chi connectivity index (χ1) is 8.07. The van der Waals surface area contributed by atoms with Crippen molar-refractivity contribution in [2.24, 2.45) is 19.8 Å². The summed E-state index contributed by atoms with van der Waals surface area (Å²) >= 11 is 0. The number of fused-ring (bicyclic) bond motifs is 1. The summed E-state index contributed by atoms with van der Waals surface area (Å²) in [6, 6.07) is 0. The molecule has 0 atom stereocenters. The lowest BCUT2D eigenvalue weighted by Crippen LogP contribution is -2.37. The van der Waals surface area contributed by atoms with Crippen molar-refractivity contribution in [2.75, 3.05) is 6.54 Å². The Morgan fingerprint density at radius 3 is 2.65 bits per heavy atom. The smallest absolute Gasteiger partial charge is 0.330 e. The van der Waals surface area contributed by atoms with E-state index >= 15 is 0 Å². The van der Waals surface area contributed by atoms with Gasteiger partial charge in [0.25, 0.3) is 5.56 Å². The maximum Gasteiger partial charge on any atom is 0.332 e. The third-order valence-electron chi connectivity index (χ3n) is 2.81. The average Bonchev–Trinajstić information content (AvgIpc) is 2.75. The second-order valence-corrected chi connectivity index (χ2v) is 3.96. The minimum absolute atomic E-state index is 0.312. The van der Waals surface area contributed by atoms with Crippen LogP contribution in [0.4, 0.5) is 0 Å². The van der Waals surface area contributed by atoms with E-state index in [0.717, 1.165) is 11.0 Å². The number of hydrogen-bond acceptors (Lipinski definition) is 4. The molecule has 2 heterocycles. The molecule has 2 aromatic heterocycles. The summed E-state index contributed by atoms with van der Waals surface area (Å²) < 4.78 is 4.27. The van der Waals surface area contributed by atoms with Gasteiger partial charge in [-0.15, -0.1) is 0 Å². The molecule has 0 unspecified atom stereocenters. The van der Waals surface area contributed by atoms with Crippen LogP contribution in [0.5, 0.6) is 0 Å². The molecule has 2 N–H and O–H groups in total. The molecular weight excluding hydrogens is 222 g/mol. The summed E-state index contributed by atoms with van der Waals surface area (Å²) in [7, 11) is 3.08. The van der Waals surface area contributed by atoms with Gasteiger partial charge in [-0.05, 0) is 13.0 Å². The Morgan fingerprint density at radius 2 is 2.00 bits per heavy atom. The minimum atomic E-state index is -0.366. The summed E-state index contributed by atoms with van der Waals surface area (Å²) in [5.41, 5.74) is 5.59. The van der Waals surface area contributed by atoms with Crippen LogP contribution >= 0.6 is 0 Å². The summed E-state index contributed by atoms with van der Waals surface area (Å²) in [5.74, 6) is 0. The van der Waals surface area contributed by atoms with Crippen molar-refractivity contribution >= 4 is 11.2 Å². The Labute approximate surface area is 97.1 Å². The van der Waals surface area contributed by atoms with Crippen molar-refractivity contribution in [1.82, 2.24) is 18.7 Å². The molecule has 0 saturated heterocycles. The van der Waals surface area contributed by atoms with E-state index in [9.17, 15) is 9.59 Å². The third kappa shape index (κ3) is 1.68. The van der Waals surface area contributed by atoms with Crippen LogP contribution in [-0.4, -0.2) is 25.2 Å². The van der Waals surface area contributed by atoms with Gasteiger partial charge in [0.2, 0.25) is 0 Å². The van der Waals surface area contributed by atoms with Crippen molar-refractivity contribution in [2.45, 2.75) is 13.0 Å². The highest BCUT2D eigenvalue weighted by Gasteiger charge is 2.13. The fourth-order valence-electron chi connectivity index (χ4n) is 1.86. The SMILES string of the molecule is Cn1c(=O)c2ncn(CCCN)c2n(C)c1=O. The number of imidazole rings is 1. The lowest BCUT2D eigenvalue weighted by Gasteiger charge is -2.07. The molecule has 92 valence electrons. The zero-order valence-corrected chi connectivity index (χ0v) is 9.88. The molecule has 0 saturated carbocycles. The van der Waals surface area contributed by atoms with Gasteiger partial charge in [0.15, 0.2) is 5.52 Å². The monoisotopic (exact) mass is 237 g/mol. The topological polar surface area (TPSA) is 87.8 Å². The fraction of sp³-hybridized carbons (Fsp3) is 0.500. The maximum absolute atomic E-state index is 11.8. The first kappa shape index (κ1) is 11.6. The number of hydrogen-bond donors (Lipinski definition) is 1. The molecule has 2 aromatic rings. The van der Waals surface area contributed by atoms with Crippen molar-refractivity contribution < 1.29 is 0 Å². The van der Waals surface area contributed by atoms with Crippen LogP contribution < -0.4 is 17.0 Å². The first-order valence-corrected chi connectivity index (χ1v) is 5.39. The van der Waals surface area contributed by atoms with Gasteiger partial charge in [-0.1, -0.05) is 0 Å². The standard InChI is InChI=1S/C10H15N5O2/c1-13-8-7(9(16)14(2)10(13)17)12-6-15(8)5-3-4-11/h6H,3-5,11H2,1-2H3. The lowest BCUT2D eigenvalue weighted by molar-refractivity contribution is 0.635. The van der Waals surface area contributed by atoms with E-state index in [1.54, 1.807) is 17.9 Å². The molecule has 0 amide bonds. The van der Waals surface area contributed by atoms with Gasteiger partial charge >= 0.3 is 5.69 Å². The van der Waals surface area contributed by atoms with E-state index < -0.39 is 0 Å².